The highest BCUT2D eigenvalue weighted by atomic mass is 35.5. The van der Waals surface area contributed by atoms with E-state index >= 15 is 0 Å². The fourth-order valence-electron chi connectivity index (χ4n) is 2.35. The Kier molecular flexibility index (Phi) is 5.86. The maximum atomic E-state index is 12.9. The number of hydrogen-bond donors (Lipinski definition) is 2. The van der Waals surface area contributed by atoms with Gasteiger partial charge in [-0.3, -0.25) is 4.79 Å². The molecule has 2 aromatic carbocycles. The molecular weight excluding hydrogens is 385 g/mol. The molecule has 0 fully saturated rings. The highest BCUT2D eigenvalue weighted by Crippen LogP contribution is 2.26. The molecule has 0 unspecified atom stereocenters. The number of nitrogens with one attached hydrogen (secondary N) is 2. The van der Waals surface area contributed by atoms with Crippen LogP contribution >= 0.6 is 11.6 Å². The van der Waals surface area contributed by atoms with Crippen molar-refractivity contribution in [2.24, 2.45) is 0 Å². The molecule has 0 bridgehead atoms. The van der Waals surface area contributed by atoms with Gasteiger partial charge in [-0.1, -0.05) is 11.6 Å². The number of benzene rings is 2. The van der Waals surface area contributed by atoms with Gasteiger partial charge in [0.25, 0.3) is 5.91 Å². The van der Waals surface area contributed by atoms with Crippen LogP contribution in [0.15, 0.2) is 60.8 Å². The van der Waals surface area contributed by atoms with Crippen LogP contribution in [0.25, 0.3) is 0 Å². The summed E-state index contributed by atoms with van der Waals surface area (Å²) in [7, 11) is 1.30. The molecule has 0 saturated carbocycles. The van der Waals surface area contributed by atoms with E-state index < -0.39 is 11.9 Å². The first-order valence-corrected chi connectivity index (χ1v) is 8.52. The van der Waals surface area contributed by atoms with Gasteiger partial charge in [0, 0.05) is 5.69 Å². The lowest BCUT2D eigenvalue weighted by Gasteiger charge is -2.10. The summed E-state index contributed by atoms with van der Waals surface area (Å²) in [4.78, 5) is 28.0. The summed E-state index contributed by atoms with van der Waals surface area (Å²) in [5.41, 5.74) is 2.06. The van der Waals surface area contributed by atoms with E-state index in [-0.39, 0.29) is 11.5 Å². The normalized spacial score (nSPS) is 10.2. The van der Waals surface area contributed by atoms with E-state index in [4.69, 9.17) is 16.3 Å². The smallest absolute Gasteiger partial charge is 0.337 e. The number of carbonyl (C=O) groups is 2. The van der Waals surface area contributed by atoms with Crippen molar-refractivity contribution in [3.8, 4) is 0 Å². The molecule has 0 saturated heterocycles. The van der Waals surface area contributed by atoms with Gasteiger partial charge in [-0.2, -0.15) is 0 Å². The minimum absolute atomic E-state index is 0.185. The minimum Gasteiger partial charge on any atom is -0.465 e. The van der Waals surface area contributed by atoms with Crippen LogP contribution in [0.4, 0.5) is 21.5 Å². The highest BCUT2D eigenvalue weighted by Gasteiger charge is 2.11. The van der Waals surface area contributed by atoms with E-state index in [1.807, 2.05) is 0 Å². The van der Waals surface area contributed by atoms with Crippen LogP contribution in [0.2, 0.25) is 5.02 Å². The Hall–Kier alpha value is -3.45. The number of rotatable bonds is 5. The number of methoxy groups -OCH3 is 1. The molecular formula is C20H15ClFN3O3. The molecule has 0 aliphatic rings. The molecule has 0 aliphatic heterocycles. The number of esters is 1. The number of amides is 1. The molecule has 3 rings (SSSR count). The lowest BCUT2D eigenvalue weighted by molar-refractivity contribution is 0.0600. The van der Waals surface area contributed by atoms with Gasteiger partial charge in [0.05, 0.1) is 35.3 Å². The number of hydrogen-bond acceptors (Lipinski definition) is 5. The van der Waals surface area contributed by atoms with E-state index in [0.29, 0.717) is 27.6 Å². The minimum atomic E-state index is -0.481. The first kappa shape index (κ1) is 19.3. The third-order valence-electron chi connectivity index (χ3n) is 3.76. The summed E-state index contributed by atoms with van der Waals surface area (Å²) in [5.74, 6) is -1.30. The fourth-order valence-corrected chi connectivity index (χ4v) is 2.52. The van der Waals surface area contributed by atoms with Crippen LogP contribution in [0, 0.1) is 5.82 Å². The van der Waals surface area contributed by atoms with Gasteiger partial charge in [-0.05, 0) is 54.6 Å². The van der Waals surface area contributed by atoms with E-state index in [0.717, 1.165) is 0 Å². The Labute approximate surface area is 165 Å². The van der Waals surface area contributed by atoms with Crippen LogP contribution in [0.3, 0.4) is 0 Å². The Morgan fingerprint density at radius 2 is 1.75 bits per heavy atom. The number of aromatic nitrogens is 1. The molecule has 3 aromatic rings. The molecule has 0 aliphatic carbocycles. The second-order valence-corrected chi connectivity index (χ2v) is 6.11. The summed E-state index contributed by atoms with van der Waals surface area (Å²) in [6.45, 7) is 0. The van der Waals surface area contributed by atoms with Crippen LogP contribution in [-0.2, 0) is 4.74 Å². The first-order chi connectivity index (χ1) is 13.5. The largest absolute Gasteiger partial charge is 0.465 e. The fraction of sp³-hybridized carbons (Fsp3) is 0.0500. The van der Waals surface area contributed by atoms with E-state index in [1.54, 1.807) is 24.3 Å². The van der Waals surface area contributed by atoms with Gasteiger partial charge >= 0.3 is 5.97 Å². The van der Waals surface area contributed by atoms with Crippen molar-refractivity contribution >= 4 is 40.5 Å². The molecule has 1 amide bonds. The van der Waals surface area contributed by atoms with Gasteiger partial charge in [-0.15, -0.1) is 0 Å². The zero-order valence-corrected chi connectivity index (χ0v) is 15.5. The summed E-state index contributed by atoms with van der Waals surface area (Å²) >= 11 is 6.15. The van der Waals surface area contributed by atoms with E-state index in [9.17, 15) is 14.0 Å². The molecule has 142 valence electrons. The summed E-state index contributed by atoms with van der Waals surface area (Å²) in [6.07, 6.45) is 1.46. The molecule has 0 atom stereocenters. The standard InChI is InChI=1S/C20H15ClFN3O3/c1-28-20(27)12-2-8-16(21)18(10-12)24-15-7-9-17(23-11-15)19(26)25-14-5-3-13(22)4-6-14/h2-11,24H,1H3,(H,25,26). The van der Waals surface area contributed by atoms with Gasteiger partial charge in [0.15, 0.2) is 0 Å². The summed E-state index contributed by atoms with van der Waals surface area (Å²) < 4.78 is 17.6. The average molecular weight is 400 g/mol. The lowest BCUT2D eigenvalue weighted by Crippen LogP contribution is -2.13. The van der Waals surface area contributed by atoms with Crippen LogP contribution < -0.4 is 10.6 Å². The zero-order chi connectivity index (χ0) is 20.1. The van der Waals surface area contributed by atoms with E-state index in [2.05, 4.69) is 15.6 Å². The van der Waals surface area contributed by atoms with Crippen molar-refractivity contribution < 1.29 is 18.7 Å². The van der Waals surface area contributed by atoms with Crippen molar-refractivity contribution in [3.05, 3.63) is 82.9 Å². The Morgan fingerprint density at radius 1 is 1.04 bits per heavy atom. The molecule has 8 heteroatoms. The summed E-state index contributed by atoms with van der Waals surface area (Å²) in [6, 6.07) is 13.3. The Balaban J connectivity index is 1.71. The second kappa shape index (κ2) is 8.49. The zero-order valence-electron chi connectivity index (χ0n) is 14.7. The van der Waals surface area contributed by atoms with Crippen molar-refractivity contribution in [2.75, 3.05) is 17.7 Å². The monoisotopic (exact) mass is 399 g/mol. The maximum Gasteiger partial charge on any atom is 0.337 e. The van der Waals surface area contributed by atoms with Crippen molar-refractivity contribution in [1.29, 1.82) is 0 Å². The predicted octanol–water partition coefficient (Wildman–Crippen LogP) is 4.66. The molecule has 1 aromatic heterocycles. The van der Waals surface area contributed by atoms with Crippen molar-refractivity contribution in [3.63, 3.8) is 0 Å². The third-order valence-corrected chi connectivity index (χ3v) is 4.09. The van der Waals surface area contributed by atoms with Gasteiger partial charge in [0.1, 0.15) is 11.5 Å². The topological polar surface area (TPSA) is 80.3 Å². The number of carbonyl (C=O) groups excluding carboxylic acids is 2. The van der Waals surface area contributed by atoms with Gasteiger partial charge < -0.3 is 15.4 Å². The molecule has 28 heavy (non-hydrogen) atoms. The molecule has 2 N–H and O–H groups in total. The number of pyridine rings is 1. The quantitative estimate of drug-likeness (QED) is 0.610. The molecule has 0 radical (unpaired) electrons. The SMILES string of the molecule is COC(=O)c1ccc(Cl)c(Nc2ccc(C(=O)Nc3ccc(F)cc3)nc2)c1. The highest BCUT2D eigenvalue weighted by molar-refractivity contribution is 6.33. The first-order valence-electron chi connectivity index (χ1n) is 8.14. The van der Waals surface area contributed by atoms with Crippen molar-refractivity contribution in [1.82, 2.24) is 4.98 Å². The third kappa shape index (κ3) is 4.63. The second-order valence-electron chi connectivity index (χ2n) is 5.70. The molecule has 6 nitrogen and oxygen atoms in total. The summed E-state index contributed by atoms with van der Waals surface area (Å²) in [5, 5.41) is 6.08. The Morgan fingerprint density at radius 3 is 2.39 bits per heavy atom. The predicted molar refractivity (Wildman–Crippen MR) is 105 cm³/mol. The number of anilines is 3. The van der Waals surface area contributed by atoms with Crippen molar-refractivity contribution in [2.45, 2.75) is 0 Å². The number of halogens is 2. The van der Waals surface area contributed by atoms with Gasteiger partial charge in [0.2, 0.25) is 0 Å². The number of ether oxygens (including phenoxy) is 1. The van der Waals surface area contributed by atoms with E-state index in [1.165, 1.54) is 43.6 Å². The van der Waals surface area contributed by atoms with Gasteiger partial charge in [-0.25, -0.2) is 14.2 Å². The maximum absolute atomic E-state index is 12.9. The van der Waals surface area contributed by atoms with Crippen LogP contribution in [0.5, 0.6) is 0 Å². The molecule has 1 heterocycles. The van der Waals surface area contributed by atoms with Crippen LogP contribution in [-0.4, -0.2) is 24.0 Å². The average Bonchev–Trinajstić information content (AvgIpc) is 2.71. The lowest BCUT2D eigenvalue weighted by atomic mass is 10.2. The van der Waals surface area contributed by atoms with Crippen LogP contribution in [0.1, 0.15) is 20.8 Å². The number of nitrogens with zero attached hydrogens (tertiary/aromatic N) is 1. The molecule has 0 spiro atoms. The Bertz CT molecular complexity index is 1010.